The average Bonchev–Trinajstić information content (AvgIpc) is 2.79. The summed E-state index contributed by atoms with van der Waals surface area (Å²) >= 11 is 0. The van der Waals surface area contributed by atoms with Crippen LogP contribution in [0.5, 0.6) is 0 Å². The fourth-order valence-corrected chi connectivity index (χ4v) is 5.65. The highest BCUT2D eigenvalue weighted by molar-refractivity contribution is 5.44. The molecule has 164 valence electrons. The maximum Gasteiger partial charge on any atom is 0.194 e. The molecule has 2 saturated carbocycles. The Bertz CT molecular complexity index is 927. The highest BCUT2D eigenvalue weighted by Crippen LogP contribution is 2.48. The van der Waals surface area contributed by atoms with Crippen molar-refractivity contribution in [1.29, 1.82) is 0 Å². The van der Waals surface area contributed by atoms with Gasteiger partial charge in [-0.3, -0.25) is 0 Å². The second kappa shape index (κ2) is 9.94. The topological polar surface area (TPSA) is 0 Å². The molecule has 0 heterocycles. The van der Waals surface area contributed by atoms with Gasteiger partial charge >= 0.3 is 0 Å². The van der Waals surface area contributed by atoms with Crippen LogP contribution in [-0.2, 0) is 0 Å². The maximum atomic E-state index is 13.3. The van der Waals surface area contributed by atoms with E-state index in [0.717, 1.165) is 35.4 Å². The predicted molar refractivity (Wildman–Crippen MR) is 119 cm³/mol. The molecular weight excluding hydrogens is 393 g/mol. The van der Waals surface area contributed by atoms with Crippen LogP contribution >= 0.6 is 0 Å². The first-order valence-corrected chi connectivity index (χ1v) is 11.8. The molecule has 2 aromatic carbocycles. The first-order valence-electron chi connectivity index (χ1n) is 11.8. The molecule has 0 aromatic heterocycles. The van der Waals surface area contributed by atoms with Gasteiger partial charge in [-0.05, 0) is 85.6 Å². The van der Waals surface area contributed by atoms with E-state index in [1.54, 1.807) is 0 Å². The molecule has 0 saturated heterocycles. The van der Waals surface area contributed by atoms with Crippen molar-refractivity contribution in [2.75, 3.05) is 0 Å². The molecule has 2 aliphatic rings. The molecule has 0 radical (unpaired) electrons. The van der Waals surface area contributed by atoms with Crippen LogP contribution in [0.25, 0.3) is 0 Å². The third-order valence-electron chi connectivity index (χ3n) is 7.40. The Hall–Kier alpha value is -2.21. The highest BCUT2D eigenvalue weighted by atomic mass is 19.2. The van der Waals surface area contributed by atoms with E-state index in [-0.39, 0.29) is 5.56 Å². The minimum absolute atomic E-state index is 0.133. The van der Waals surface area contributed by atoms with Gasteiger partial charge in [0.1, 0.15) is 0 Å². The van der Waals surface area contributed by atoms with Crippen molar-refractivity contribution in [1.82, 2.24) is 0 Å². The summed E-state index contributed by atoms with van der Waals surface area (Å²) in [4.78, 5) is 0. The van der Waals surface area contributed by atoms with E-state index >= 15 is 0 Å². The molecule has 2 aliphatic carbocycles. The van der Waals surface area contributed by atoms with Crippen molar-refractivity contribution in [2.24, 2.45) is 17.8 Å². The van der Waals surface area contributed by atoms with Gasteiger partial charge in [-0.1, -0.05) is 56.6 Å². The van der Waals surface area contributed by atoms with Crippen LogP contribution in [0.4, 0.5) is 13.2 Å². The molecule has 2 aromatic rings. The van der Waals surface area contributed by atoms with Crippen molar-refractivity contribution >= 4 is 0 Å². The second-order valence-electron chi connectivity index (χ2n) is 9.48. The first-order chi connectivity index (χ1) is 15.0. The summed E-state index contributed by atoms with van der Waals surface area (Å²) in [5, 5.41) is 0. The number of rotatable bonds is 4. The quantitative estimate of drug-likeness (QED) is 0.345. The second-order valence-corrected chi connectivity index (χ2v) is 9.48. The minimum Gasteiger partial charge on any atom is -0.204 e. The fourth-order valence-electron chi connectivity index (χ4n) is 5.65. The van der Waals surface area contributed by atoms with Gasteiger partial charge in [-0.2, -0.15) is 0 Å². The zero-order valence-corrected chi connectivity index (χ0v) is 18.3. The van der Waals surface area contributed by atoms with Gasteiger partial charge in [0.25, 0.3) is 0 Å². The van der Waals surface area contributed by atoms with Crippen LogP contribution < -0.4 is 0 Å². The van der Waals surface area contributed by atoms with E-state index in [9.17, 15) is 13.2 Å². The summed E-state index contributed by atoms with van der Waals surface area (Å²) in [5.41, 5.74) is 2.29. The lowest BCUT2D eigenvalue weighted by Gasteiger charge is -2.42. The molecule has 0 aliphatic heterocycles. The number of halogens is 3. The minimum atomic E-state index is -1.46. The van der Waals surface area contributed by atoms with Crippen LogP contribution in [0.1, 0.15) is 87.3 Å². The maximum absolute atomic E-state index is 13.3. The summed E-state index contributed by atoms with van der Waals surface area (Å²) in [6.45, 7) is 2.29. The lowest BCUT2D eigenvalue weighted by Crippen LogP contribution is -2.30. The van der Waals surface area contributed by atoms with Crippen molar-refractivity contribution < 1.29 is 13.2 Å². The number of unbranched alkanes of at least 4 members (excludes halogenated alkanes) is 1. The molecule has 0 N–H and O–H groups in total. The van der Waals surface area contributed by atoms with Crippen LogP contribution in [0.15, 0.2) is 36.4 Å². The number of hydrogen-bond acceptors (Lipinski definition) is 0. The van der Waals surface area contributed by atoms with Gasteiger partial charge < -0.3 is 0 Å². The van der Waals surface area contributed by atoms with Crippen molar-refractivity contribution in [2.45, 2.75) is 70.6 Å². The molecule has 4 rings (SSSR count). The van der Waals surface area contributed by atoms with Crippen LogP contribution in [0.3, 0.4) is 0 Å². The monoisotopic (exact) mass is 424 g/mol. The SMILES string of the molecule is CCCCC1CC[C@@H]2C[C@H](c3ccc(C#Cc4cc(F)c(F)c(F)c4)cc3)CC[C@@H]2C1. The van der Waals surface area contributed by atoms with Gasteiger partial charge in [0, 0.05) is 11.1 Å². The smallest absolute Gasteiger partial charge is 0.194 e. The number of fused-ring (bicyclic) bond motifs is 1. The summed E-state index contributed by atoms with van der Waals surface area (Å²) in [7, 11) is 0. The molecule has 31 heavy (non-hydrogen) atoms. The van der Waals surface area contributed by atoms with E-state index < -0.39 is 17.5 Å². The Morgan fingerprint density at radius 1 is 0.806 bits per heavy atom. The summed E-state index contributed by atoms with van der Waals surface area (Å²) < 4.78 is 39.7. The van der Waals surface area contributed by atoms with Gasteiger partial charge in [0.2, 0.25) is 0 Å². The van der Waals surface area contributed by atoms with Crippen LogP contribution in [0, 0.1) is 47.0 Å². The zero-order valence-electron chi connectivity index (χ0n) is 18.3. The third kappa shape index (κ3) is 5.35. The van der Waals surface area contributed by atoms with Gasteiger partial charge in [0.05, 0.1) is 0 Å². The Morgan fingerprint density at radius 3 is 2.16 bits per heavy atom. The Balaban J connectivity index is 1.37. The van der Waals surface area contributed by atoms with E-state index in [1.807, 2.05) is 12.1 Å². The van der Waals surface area contributed by atoms with E-state index in [2.05, 4.69) is 30.9 Å². The molecule has 0 bridgehead atoms. The van der Waals surface area contributed by atoms with Crippen molar-refractivity contribution in [3.63, 3.8) is 0 Å². The fraction of sp³-hybridized carbons (Fsp3) is 0.500. The lowest BCUT2D eigenvalue weighted by atomic mass is 9.63. The molecule has 1 unspecified atom stereocenters. The molecule has 0 spiro atoms. The zero-order chi connectivity index (χ0) is 21.8. The summed E-state index contributed by atoms with van der Waals surface area (Å²) in [5.74, 6) is 5.15. The number of hydrogen-bond donors (Lipinski definition) is 0. The van der Waals surface area contributed by atoms with Gasteiger partial charge in [-0.25, -0.2) is 13.2 Å². The van der Waals surface area contributed by atoms with E-state index in [1.165, 1.54) is 63.4 Å². The molecule has 3 heteroatoms. The van der Waals surface area contributed by atoms with Gasteiger partial charge in [0.15, 0.2) is 17.5 Å². The Morgan fingerprint density at radius 2 is 1.45 bits per heavy atom. The molecular formula is C28H31F3. The van der Waals surface area contributed by atoms with Crippen LogP contribution in [-0.4, -0.2) is 0 Å². The molecule has 4 atom stereocenters. The van der Waals surface area contributed by atoms with Gasteiger partial charge in [-0.15, -0.1) is 0 Å². The standard InChI is InChI=1S/C28H31F3/c1-2-3-4-20-9-12-25-18-24(14-13-23(25)15-20)22-10-7-19(8-11-22)5-6-21-16-26(29)28(31)27(30)17-21/h7-8,10-11,16-17,20,23-25H,2-4,9,12-15,18H2,1H3/t20?,23-,24-,25-/m1/s1. The normalized spacial score (nSPS) is 25.4. The Labute approximate surface area is 184 Å². The Kier molecular flexibility index (Phi) is 7.06. The van der Waals surface area contributed by atoms with Crippen LogP contribution in [0.2, 0.25) is 0 Å². The van der Waals surface area contributed by atoms with E-state index in [0.29, 0.717) is 5.92 Å². The lowest BCUT2D eigenvalue weighted by molar-refractivity contribution is 0.113. The largest absolute Gasteiger partial charge is 0.204 e. The average molecular weight is 425 g/mol. The molecule has 2 fully saturated rings. The number of benzene rings is 2. The third-order valence-corrected chi connectivity index (χ3v) is 7.40. The predicted octanol–water partition coefficient (Wildman–Crippen LogP) is 7.99. The van der Waals surface area contributed by atoms with E-state index in [4.69, 9.17) is 0 Å². The summed E-state index contributed by atoms with van der Waals surface area (Å²) in [6, 6.07) is 10.1. The highest BCUT2D eigenvalue weighted by Gasteiger charge is 2.35. The van der Waals surface area contributed by atoms with Crippen molar-refractivity contribution in [3.05, 3.63) is 70.5 Å². The molecule has 0 nitrogen and oxygen atoms in total. The van der Waals surface area contributed by atoms with Crippen molar-refractivity contribution in [3.8, 4) is 11.8 Å². The summed E-state index contributed by atoms with van der Waals surface area (Å²) in [6.07, 6.45) is 12.3. The molecule has 0 amide bonds. The first kappa shape index (κ1) is 22.0.